The average Bonchev–Trinajstić information content (AvgIpc) is 3.10. The van der Waals surface area contributed by atoms with Crippen LogP contribution in [0.2, 0.25) is 0 Å². The molecule has 0 bridgehead atoms. The highest BCUT2D eigenvalue weighted by Crippen LogP contribution is 2.34. The third-order valence-corrected chi connectivity index (χ3v) is 5.19. The van der Waals surface area contributed by atoms with Gasteiger partial charge in [-0.3, -0.25) is 0 Å². The number of hydrogen-bond donors (Lipinski definition) is 1. The third-order valence-electron chi connectivity index (χ3n) is 3.51. The molecule has 0 saturated carbocycles. The van der Waals surface area contributed by atoms with Gasteiger partial charge in [-0.1, -0.05) is 0 Å². The Bertz CT molecular complexity index is 960. The third kappa shape index (κ3) is 3.36. The fourth-order valence-corrected chi connectivity index (χ4v) is 3.27. The molecule has 8 heteroatoms. The van der Waals surface area contributed by atoms with Gasteiger partial charge in [-0.25, -0.2) is 8.42 Å². The molecule has 1 aliphatic heterocycles. The molecule has 0 saturated heterocycles. The second-order valence-electron chi connectivity index (χ2n) is 5.01. The molecule has 0 atom stereocenters. The van der Waals surface area contributed by atoms with Crippen LogP contribution in [0.1, 0.15) is 0 Å². The number of fused-ring (bicyclic) bond motifs is 1. The highest BCUT2D eigenvalue weighted by molar-refractivity contribution is 7.95. The predicted octanol–water partition coefficient (Wildman–Crippen LogP) is 2.67. The first-order valence-electron chi connectivity index (χ1n) is 7.20. The summed E-state index contributed by atoms with van der Waals surface area (Å²) in [4.78, 5) is -0.399. The van der Waals surface area contributed by atoms with Gasteiger partial charge in [0.2, 0.25) is 16.6 Å². The number of sulfone groups is 1. The second-order valence-corrected chi connectivity index (χ2v) is 6.93. The highest BCUT2D eigenvalue weighted by atomic mass is 32.2. The topological polar surface area (TPSA) is 97.7 Å². The smallest absolute Gasteiger partial charge is 0.231 e. The van der Waals surface area contributed by atoms with Gasteiger partial charge in [0.1, 0.15) is 11.8 Å². The van der Waals surface area contributed by atoms with E-state index in [0.717, 1.165) is 6.20 Å². The Morgan fingerprint density at radius 2 is 1.92 bits per heavy atom. The summed E-state index contributed by atoms with van der Waals surface area (Å²) in [5.74, 6) is 1.69. The molecule has 1 N–H and O–H groups in total. The van der Waals surface area contributed by atoms with E-state index < -0.39 is 14.7 Å². The first-order valence-corrected chi connectivity index (χ1v) is 8.68. The van der Waals surface area contributed by atoms with Crippen molar-refractivity contribution in [2.45, 2.75) is 4.90 Å². The van der Waals surface area contributed by atoms with Crippen molar-refractivity contribution in [2.75, 3.05) is 19.2 Å². The number of ether oxygens (including phenoxy) is 3. The number of nitrogens with zero attached hydrogens (tertiary/aromatic N) is 1. The molecule has 0 fully saturated rings. The molecule has 0 aliphatic carbocycles. The zero-order chi connectivity index (χ0) is 17.9. The summed E-state index contributed by atoms with van der Waals surface area (Å²) in [6.45, 7) is 0.143. The average molecular weight is 358 g/mol. The van der Waals surface area contributed by atoms with Gasteiger partial charge in [0.05, 0.1) is 12.0 Å². The minimum atomic E-state index is -3.93. The van der Waals surface area contributed by atoms with Crippen molar-refractivity contribution in [2.24, 2.45) is 0 Å². The van der Waals surface area contributed by atoms with Crippen molar-refractivity contribution >= 4 is 15.5 Å². The molecule has 2 aromatic carbocycles. The Labute approximate surface area is 145 Å². The Morgan fingerprint density at radius 3 is 2.60 bits per heavy atom. The van der Waals surface area contributed by atoms with Crippen LogP contribution in [0.5, 0.6) is 17.2 Å². The zero-order valence-electron chi connectivity index (χ0n) is 13.2. The first kappa shape index (κ1) is 16.7. The molecule has 2 aromatic rings. The predicted molar refractivity (Wildman–Crippen MR) is 90.1 cm³/mol. The maximum Gasteiger partial charge on any atom is 0.231 e. The maximum absolute atomic E-state index is 12.6. The van der Waals surface area contributed by atoms with Gasteiger partial charge in [0.15, 0.2) is 16.4 Å². The summed E-state index contributed by atoms with van der Waals surface area (Å²) in [6.07, 6.45) is 1.15. The highest BCUT2D eigenvalue weighted by Gasteiger charge is 2.21. The number of anilines is 1. The Balaban J connectivity index is 1.85. The molecule has 1 heterocycles. The van der Waals surface area contributed by atoms with Crippen LogP contribution in [0.4, 0.5) is 5.69 Å². The number of rotatable bonds is 5. The lowest BCUT2D eigenvalue weighted by Gasteiger charge is -2.06. The van der Waals surface area contributed by atoms with Crippen molar-refractivity contribution in [3.63, 3.8) is 0 Å². The lowest BCUT2D eigenvalue weighted by atomic mass is 10.3. The van der Waals surface area contributed by atoms with Crippen LogP contribution >= 0.6 is 0 Å². The standard InChI is InChI=1S/C17H14N2O5S/c1-22-13-3-5-14(6-4-13)25(20,21)15(9-18)10-19-12-2-7-16-17(8-12)24-11-23-16/h2-8,10,19H,11H2,1H3/b15-10+. The van der Waals surface area contributed by atoms with E-state index in [4.69, 9.17) is 14.2 Å². The van der Waals surface area contributed by atoms with Crippen LogP contribution in [0.3, 0.4) is 0 Å². The summed E-state index contributed by atoms with van der Waals surface area (Å²) in [5.41, 5.74) is 0.571. The van der Waals surface area contributed by atoms with E-state index in [1.54, 1.807) is 24.3 Å². The van der Waals surface area contributed by atoms with Gasteiger partial charge >= 0.3 is 0 Å². The Morgan fingerprint density at radius 1 is 1.20 bits per heavy atom. The van der Waals surface area contributed by atoms with E-state index >= 15 is 0 Å². The van der Waals surface area contributed by atoms with Crippen LogP contribution in [0.25, 0.3) is 0 Å². The van der Waals surface area contributed by atoms with E-state index in [0.29, 0.717) is 22.9 Å². The van der Waals surface area contributed by atoms with E-state index in [9.17, 15) is 13.7 Å². The SMILES string of the molecule is COc1ccc(S(=O)(=O)/C(C#N)=C/Nc2ccc3c(c2)OCO3)cc1. The second kappa shape index (κ2) is 6.75. The first-order chi connectivity index (χ1) is 12.0. The van der Waals surface area contributed by atoms with Gasteiger partial charge in [-0.15, -0.1) is 0 Å². The molecule has 25 heavy (non-hydrogen) atoms. The van der Waals surface area contributed by atoms with Gasteiger partial charge in [-0.2, -0.15) is 5.26 Å². The van der Waals surface area contributed by atoms with Gasteiger partial charge in [-0.05, 0) is 36.4 Å². The largest absolute Gasteiger partial charge is 0.497 e. The fourth-order valence-electron chi connectivity index (χ4n) is 2.19. The number of methoxy groups -OCH3 is 1. The van der Waals surface area contributed by atoms with E-state index in [1.807, 2.05) is 0 Å². The lowest BCUT2D eigenvalue weighted by molar-refractivity contribution is 0.174. The maximum atomic E-state index is 12.6. The number of allylic oxidation sites excluding steroid dienone is 1. The number of nitrogens with one attached hydrogen (secondary N) is 1. The molecule has 7 nitrogen and oxygen atoms in total. The monoisotopic (exact) mass is 358 g/mol. The van der Waals surface area contributed by atoms with Crippen molar-refractivity contribution < 1.29 is 22.6 Å². The molecular weight excluding hydrogens is 344 g/mol. The summed E-state index contributed by atoms with van der Waals surface area (Å²) < 4.78 is 40.6. The number of nitriles is 1. The molecule has 0 radical (unpaired) electrons. The summed E-state index contributed by atoms with van der Waals surface area (Å²) in [7, 11) is -2.45. The molecule has 0 amide bonds. The van der Waals surface area contributed by atoms with Crippen LogP contribution in [0, 0.1) is 11.3 Å². The van der Waals surface area contributed by atoms with Gasteiger partial charge in [0, 0.05) is 18.0 Å². The van der Waals surface area contributed by atoms with Crippen LogP contribution in [-0.2, 0) is 9.84 Å². The minimum absolute atomic E-state index is 0.00795. The molecule has 0 spiro atoms. The van der Waals surface area contributed by atoms with Crippen LogP contribution < -0.4 is 19.5 Å². The van der Waals surface area contributed by atoms with E-state index in [-0.39, 0.29) is 11.7 Å². The molecule has 0 unspecified atom stereocenters. The Kier molecular flexibility index (Phi) is 4.50. The van der Waals surface area contributed by atoms with Gasteiger partial charge in [0.25, 0.3) is 0 Å². The summed E-state index contributed by atoms with van der Waals surface area (Å²) in [5, 5.41) is 12.0. The fraction of sp³-hybridized carbons (Fsp3) is 0.118. The molecule has 128 valence electrons. The summed E-state index contributed by atoms with van der Waals surface area (Å²) in [6, 6.07) is 12.6. The lowest BCUT2D eigenvalue weighted by Crippen LogP contribution is -2.05. The molecule has 3 rings (SSSR count). The van der Waals surface area contributed by atoms with Crippen LogP contribution in [0.15, 0.2) is 58.5 Å². The van der Waals surface area contributed by atoms with Crippen LogP contribution in [-0.4, -0.2) is 22.3 Å². The zero-order valence-corrected chi connectivity index (χ0v) is 14.0. The van der Waals surface area contributed by atoms with Crippen molar-refractivity contribution in [1.82, 2.24) is 0 Å². The summed E-state index contributed by atoms with van der Waals surface area (Å²) >= 11 is 0. The molecular formula is C17H14N2O5S. The number of hydrogen-bond acceptors (Lipinski definition) is 7. The molecule has 0 aromatic heterocycles. The Hall–Kier alpha value is -3.18. The minimum Gasteiger partial charge on any atom is -0.497 e. The molecule has 1 aliphatic rings. The van der Waals surface area contributed by atoms with Crippen molar-refractivity contribution in [3.8, 4) is 23.3 Å². The van der Waals surface area contributed by atoms with E-state index in [2.05, 4.69) is 5.32 Å². The quantitative estimate of drug-likeness (QED) is 0.821. The van der Waals surface area contributed by atoms with Gasteiger partial charge < -0.3 is 19.5 Å². The van der Waals surface area contributed by atoms with Crippen molar-refractivity contribution in [3.05, 3.63) is 53.6 Å². The van der Waals surface area contributed by atoms with E-state index in [1.165, 1.54) is 31.4 Å². The normalized spacial score (nSPS) is 13.2. The van der Waals surface area contributed by atoms with Crippen molar-refractivity contribution in [1.29, 1.82) is 5.26 Å². The number of benzene rings is 2.